The van der Waals surface area contributed by atoms with Crippen molar-refractivity contribution in [3.63, 3.8) is 0 Å². The number of pyridine rings is 2. The Morgan fingerprint density at radius 1 is 0.867 bits per heavy atom. The van der Waals surface area contributed by atoms with Gasteiger partial charge in [0.15, 0.2) is 0 Å². The first-order valence-electron chi connectivity index (χ1n) is 9.32. The van der Waals surface area contributed by atoms with E-state index in [1.165, 1.54) is 0 Å². The van der Waals surface area contributed by atoms with E-state index >= 15 is 0 Å². The molecule has 1 N–H and O–H groups in total. The largest absolute Gasteiger partial charge is 0.319 e. The average molecular weight is 414 g/mol. The summed E-state index contributed by atoms with van der Waals surface area (Å²) in [5, 5.41) is 7.72. The van der Waals surface area contributed by atoms with Crippen LogP contribution in [0.5, 0.6) is 0 Å². The number of carbonyl (C=O) groups excluding carboxylic acids is 1. The minimum atomic E-state index is -0.291. The fourth-order valence-corrected chi connectivity index (χ4v) is 3.56. The van der Waals surface area contributed by atoms with E-state index in [1.807, 2.05) is 53.1 Å². The van der Waals surface area contributed by atoms with Crippen molar-refractivity contribution in [3.8, 4) is 16.9 Å². The maximum absolute atomic E-state index is 12.9. The van der Waals surface area contributed by atoms with Crippen molar-refractivity contribution >= 4 is 28.7 Å². The Hall–Kier alpha value is -3.90. The van der Waals surface area contributed by atoms with Gasteiger partial charge in [0.1, 0.15) is 11.5 Å². The molecule has 0 spiro atoms. The minimum Gasteiger partial charge on any atom is -0.319 e. The van der Waals surface area contributed by atoms with Crippen LogP contribution in [0.25, 0.3) is 22.5 Å². The molecular formula is C23H16ClN5O. The summed E-state index contributed by atoms with van der Waals surface area (Å²) in [6.07, 6.45) is 7.16. The van der Waals surface area contributed by atoms with Crippen molar-refractivity contribution in [1.82, 2.24) is 19.2 Å². The predicted octanol–water partition coefficient (Wildman–Crippen LogP) is 5.09. The van der Waals surface area contributed by atoms with E-state index in [0.717, 1.165) is 22.5 Å². The number of hydrogen-bond donors (Lipinski definition) is 1. The highest BCUT2D eigenvalue weighted by molar-refractivity contribution is 6.33. The van der Waals surface area contributed by atoms with Gasteiger partial charge >= 0.3 is 0 Å². The summed E-state index contributed by atoms with van der Waals surface area (Å²) in [7, 11) is 0. The van der Waals surface area contributed by atoms with Gasteiger partial charge in [-0.2, -0.15) is 5.10 Å². The van der Waals surface area contributed by atoms with E-state index in [4.69, 9.17) is 11.6 Å². The Morgan fingerprint density at radius 3 is 2.50 bits per heavy atom. The van der Waals surface area contributed by atoms with Crippen LogP contribution in [-0.4, -0.2) is 25.1 Å². The van der Waals surface area contributed by atoms with Crippen LogP contribution in [0, 0.1) is 0 Å². The Bertz CT molecular complexity index is 1360. The molecular weight excluding hydrogens is 398 g/mol. The number of aromatic nitrogens is 4. The van der Waals surface area contributed by atoms with E-state index in [9.17, 15) is 4.79 Å². The Kier molecular flexibility index (Phi) is 4.53. The Morgan fingerprint density at radius 2 is 1.67 bits per heavy atom. The predicted molar refractivity (Wildman–Crippen MR) is 117 cm³/mol. The number of anilines is 1. The number of nitrogens with one attached hydrogen (secondary N) is 1. The number of hydrogen-bond acceptors (Lipinski definition) is 3. The number of benzene rings is 1. The molecule has 1 aromatic carbocycles. The number of nitrogens with zero attached hydrogens (tertiary/aromatic N) is 4. The number of fused-ring (bicyclic) bond motifs is 1. The standard InChI is InChI=1S/C23H16ClN5O/c24-19-3-1-2-4-20(19)27-23(30)21-11-14-26-29(21)22-8-7-18-6-5-17(15-28(18)22)16-9-12-25-13-10-16/h1-15H,(H,27,30). The van der Waals surface area contributed by atoms with Crippen molar-refractivity contribution in [2.75, 3.05) is 5.32 Å². The van der Waals surface area contributed by atoms with Gasteiger partial charge in [-0.3, -0.25) is 9.78 Å². The molecule has 0 aliphatic heterocycles. The first-order valence-corrected chi connectivity index (χ1v) is 9.70. The van der Waals surface area contributed by atoms with Crippen molar-refractivity contribution in [2.45, 2.75) is 0 Å². The number of rotatable bonds is 4. The number of halogens is 1. The van der Waals surface area contributed by atoms with Crippen LogP contribution in [0.4, 0.5) is 5.69 Å². The van der Waals surface area contributed by atoms with Gasteiger partial charge in [0.25, 0.3) is 5.91 Å². The fraction of sp³-hybridized carbons (Fsp3) is 0. The molecule has 4 aromatic heterocycles. The van der Waals surface area contributed by atoms with Crippen molar-refractivity contribution in [2.24, 2.45) is 0 Å². The topological polar surface area (TPSA) is 64.2 Å². The molecule has 0 saturated carbocycles. The maximum Gasteiger partial charge on any atom is 0.274 e. The summed E-state index contributed by atoms with van der Waals surface area (Å²) in [5.74, 6) is 0.469. The van der Waals surface area contributed by atoms with Gasteiger partial charge in [0, 0.05) is 24.1 Å². The third-order valence-corrected chi connectivity index (χ3v) is 5.19. The summed E-state index contributed by atoms with van der Waals surface area (Å²) in [6, 6.07) is 20.7. The average Bonchev–Trinajstić information content (AvgIpc) is 3.42. The van der Waals surface area contributed by atoms with Gasteiger partial charge in [0.05, 0.1) is 16.9 Å². The second-order valence-corrected chi connectivity index (χ2v) is 7.11. The van der Waals surface area contributed by atoms with Crippen LogP contribution in [0.3, 0.4) is 0 Å². The summed E-state index contributed by atoms with van der Waals surface area (Å²) in [4.78, 5) is 17.0. The first kappa shape index (κ1) is 18.1. The van der Waals surface area contributed by atoms with Crippen molar-refractivity contribution < 1.29 is 4.79 Å². The van der Waals surface area contributed by atoms with Crippen LogP contribution < -0.4 is 5.32 Å². The normalized spacial score (nSPS) is 11.0. The van der Waals surface area contributed by atoms with Crippen LogP contribution in [0.15, 0.2) is 91.5 Å². The fourth-order valence-electron chi connectivity index (χ4n) is 3.38. The third-order valence-electron chi connectivity index (χ3n) is 4.86. The monoisotopic (exact) mass is 413 g/mol. The van der Waals surface area contributed by atoms with Crippen LogP contribution in [-0.2, 0) is 0 Å². The summed E-state index contributed by atoms with van der Waals surface area (Å²) < 4.78 is 3.63. The molecule has 0 bridgehead atoms. The molecule has 1 amide bonds. The van der Waals surface area contributed by atoms with E-state index in [1.54, 1.807) is 41.5 Å². The van der Waals surface area contributed by atoms with Crippen molar-refractivity contribution in [1.29, 1.82) is 0 Å². The van der Waals surface area contributed by atoms with Gasteiger partial charge in [-0.25, -0.2) is 4.68 Å². The molecule has 4 heterocycles. The maximum atomic E-state index is 12.9. The lowest BCUT2D eigenvalue weighted by molar-refractivity contribution is 0.101. The van der Waals surface area contributed by atoms with Gasteiger partial charge in [-0.15, -0.1) is 0 Å². The Balaban J connectivity index is 1.55. The summed E-state index contributed by atoms with van der Waals surface area (Å²) in [6.45, 7) is 0. The Labute approximate surface area is 177 Å². The molecule has 0 aliphatic rings. The molecule has 5 rings (SSSR count). The number of amides is 1. The van der Waals surface area contributed by atoms with E-state index in [-0.39, 0.29) is 5.91 Å². The molecule has 0 fully saturated rings. The summed E-state index contributed by atoms with van der Waals surface area (Å²) >= 11 is 6.18. The van der Waals surface area contributed by atoms with Crippen LogP contribution in [0.2, 0.25) is 5.02 Å². The van der Waals surface area contributed by atoms with E-state index < -0.39 is 0 Å². The lowest BCUT2D eigenvalue weighted by atomic mass is 10.1. The minimum absolute atomic E-state index is 0.291. The van der Waals surface area contributed by atoms with E-state index in [0.29, 0.717) is 16.4 Å². The quantitative estimate of drug-likeness (QED) is 0.446. The molecule has 0 atom stereocenters. The second-order valence-electron chi connectivity index (χ2n) is 6.70. The number of para-hydroxylation sites is 1. The third kappa shape index (κ3) is 3.23. The highest BCUT2D eigenvalue weighted by atomic mass is 35.5. The number of carbonyl (C=O) groups is 1. The molecule has 0 radical (unpaired) electrons. The highest BCUT2D eigenvalue weighted by Gasteiger charge is 2.17. The second kappa shape index (κ2) is 7.50. The van der Waals surface area contributed by atoms with E-state index in [2.05, 4.69) is 21.5 Å². The molecule has 6 nitrogen and oxygen atoms in total. The van der Waals surface area contributed by atoms with Crippen LogP contribution >= 0.6 is 11.6 Å². The zero-order valence-electron chi connectivity index (χ0n) is 15.7. The highest BCUT2D eigenvalue weighted by Crippen LogP contribution is 2.24. The SMILES string of the molecule is O=C(Nc1ccccc1Cl)c1ccnn1-c1ccc2ccc(-c3ccncc3)cn12. The smallest absolute Gasteiger partial charge is 0.274 e. The van der Waals surface area contributed by atoms with Crippen molar-refractivity contribution in [3.05, 3.63) is 102 Å². The molecule has 7 heteroatoms. The molecule has 146 valence electrons. The van der Waals surface area contributed by atoms with Gasteiger partial charge in [-0.05, 0) is 59.7 Å². The zero-order valence-corrected chi connectivity index (χ0v) is 16.5. The molecule has 5 aromatic rings. The van der Waals surface area contributed by atoms with Crippen LogP contribution in [0.1, 0.15) is 10.5 Å². The molecule has 0 saturated heterocycles. The zero-order chi connectivity index (χ0) is 20.5. The van der Waals surface area contributed by atoms with Gasteiger partial charge < -0.3 is 9.72 Å². The lowest BCUT2D eigenvalue weighted by Gasteiger charge is -2.11. The van der Waals surface area contributed by atoms with Gasteiger partial charge in [0.2, 0.25) is 0 Å². The molecule has 0 aliphatic carbocycles. The molecule has 30 heavy (non-hydrogen) atoms. The first-order chi connectivity index (χ1) is 14.7. The molecule has 0 unspecified atom stereocenters. The lowest BCUT2D eigenvalue weighted by Crippen LogP contribution is -2.18. The van der Waals surface area contributed by atoms with Gasteiger partial charge in [-0.1, -0.05) is 29.8 Å². The summed E-state index contributed by atoms with van der Waals surface area (Å²) in [5.41, 5.74) is 4.05.